The Balaban J connectivity index is 1.59. The van der Waals surface area contributed by atoms with Gasteiger partial charge in [-0.25, -0.2) is 9.18 Å². The molecular weight excluding hydrogens is 401 g/mol. The molecule has 160 valence electrons. The van der Waals surface area contributed by atoms with Crippen molar-refractivity contribution in [1.82, 2.24) is 9.47 Å². The molecule has 1 aliphatic rings. The maximum Gasteiger partial charge on any atom is 0.322 e. The van der Waals surface area contributed by atoms with Crippen molar-refractivity contribution in [1.29, 1.82) is 0 Å². The van der Waals surface area contributed by atoms with Crippen LogP contribution >= 0.6 is 0 Å². The minimum atomic E-state index is -0.368. The number of hydrogen-bond donors (Lipinski definition) is 1. The van der Waals surface area contributed by atoms with Crippen LogP contribution in [0.5, 0.6) is 0 Å². The predicted molar refractivity (Wildman–Crippen MR) is 124 cm³/mol. The fourth-order valence-corrected chi connectivity index (χ4v) is 4.35. The van der Waals surface area contributed by atoms with Gasteiger partial charge < -0.3 is 14.8 Å². The summed E-state index contributed by atoms with van der Waals surface area (Å²) in [5.41, 5.74) is 5.87. The number of benzene rings is 3. The number of carbonyl (C=O) groups is 1. The zero-order valence-electron chi connectivity index (χ0n) is 17.8. The zero-order chi connectivity index (χ0) is 22.1. The van der Waals surface area contributed by atoms with Crippen LogP contribution < -0.4 is 5.32 Å². The second-order valence-corrected chi connectivity index (χ2v) is 7.99. The number of aryl methyl sites for hydroxylation is 1. The van der Waals surface area contributed by atoms with Crippen molar-refractivity contribution in [2.75, 3.05) is 5.32 Å². The number of amides is 2. The topological polar surface area (TPSA) is 37.3 Å². The van der Waals surface area contributed by atoms with Crippen LogP contribution in [0.3, 0.4) is 0 Å². The Morgan fingerprint density at radius 3 is 2.47 bits per heavy atom. The zero-order valence-corrected chi connectivity index (χ0v) is 17.8. The number of halogens is 1. The third-order valence-corrected chi connectivity index (χ3v) is 6.02. The molecule has 3 aromatic carbocycles. The number of hydrogen-bond acceptors (Lipinski definition) is 1. The quantitative estimate of drug-likeness (QED) is 0.410. The highest BCUT2D eigenvalue weighted by atomic mass is 19.1. The van der Waals surface area contributed by atoms with E-state index in [0.717, 1.165) is 34.6 Å². The van der Waals surface area contributed by atoms with Crippen LogP contribution in [-0.2, 0) is 13.0 Å². The number of fused-ring (bicyclic) bond motifs is 3. The highest BCUT2D eigenvalue weighted by Gasteiger charge is 2.33. The number of nitrogens with one attached hydrogen (secondary N) is 1. The second-order valence-electron chi connectivity index (χ2n) is 7.99. The lowest BCUT2D eigenvalue weighted by Gasteiger charge is -2.31. The summed E-state index contributed by atoms with van der Waals surface area (Å²) in [5, 5.41) is 3.06. The average molecular weight is 426 g/mol. The molecule has 1 aliphatic heterocycles. The Labute approximate surface area is 186 Å². The number of carbonyl (C=O) groups excluding carboxylic acids is 1. The molecule has 5 heteroatoms. The first-order chi connectivity index (χ1) is 15.6. The van der Waals surface area contributed by atoms with Gasteiger partial charge in [0.2, 0.25) is 0 Å². The van der Waals surface area contributed by atoms with Gasteiger partial charge >= 0.3 is 6.03 Å². The smallest absolute Gasteiger partial charge is 0.318 e. The lowest BCUT2D eigenvalue weighted by Crippen LogP contribution is -2.37. The molecule has 4 nitrogen and oxygen atoms in total. The van der Waals surface area contributed by atoms with E-state index in [-0.39, 0.29) is 17.9 Å². The van der Waals surface area contributed by atoms with Crippen LogP contribution in [0.25, 0.3) is 5.69 Å². The van der Waals surface area contributed by atoms with Crippen molar-refractivity contribution < 1.29 is 9.18 Å². The summed E-state index contributed by atoms with van der Waals surface area (Å²) in [6, 6.07) is 25.8. The third-order valence-electron chi connectivity index (χ3n) is 6.02. The monoisotopic (exact) mass is 425 g/mol. The Morgan fingerprint density at radius 2 is 1.72 bits per heavy atom. The third kappa shape index (κ3) is 3.66. The van der Waals surface area contributed by atoms with Gasteiger partial charge in [0.15, 0.2) is 0 Å². The number of anilines is 1. The minimum Gasteiger partial charge on any atom is -0.318 e. The van der Waals surface area contributed by atoms with Crippen LogP contribution in [0.1, 0.15) is 35.3 Å². The highest BCUT2D eigenvalue weighted by Crippen LogP contribution is 2.37. The van der Waals surface area contributed by atoms with E-state index in [9.17, 15) is 9.18 Å². The van der Waals surface area contributed by atoms with Crippen molar-refractivity contribution >= 4 is 11.7 Å². The van der Waals surface area contributed by atoms with E-state index in [2.05, 4.69) is 22.9 Å². The maximum absolute atomic E-state index is 13.7. The van der Waals surface area contributed by atoms with Gasteiger partial charge in [0.1, 0.15) is 5.82 Å². The molecule has 1 N–H and O–H groups in total. The fraction of sp³-hybridized carbons (Fsp3) is 0.148. The predicted octanol–water partition coefficient (Wildman–Crippen LogP) is 6.32. The largest absolute Gasteiger partial charge is 0.322 e. The van der Waals surface area contributed by atoms with Crippen LogP contribution in [0.4, 0.5) is 14.9 Å². The molecule has 4 aromatic rings. The first-order valence-corrected chi connectivity index (χ1v) is 10.8. The van der Waals surface area contributed by atoms with Crippen LogP contribution in [0.15, 0.2) is 91.1 Å². The van der Waals surface area contributed by atoms with E-state index in [0.29, 0.717) is 6.54 Å². The van der Waals surface area contributed by atoms with Crippen molar-refractivity contribution in [2.24, 2.45) is 0 Å². The van der Waals surface area contributed by atoms with E-state index >= 15 is 0 Å². The van der Waals surface area contributed by atoms with E-state index in [4.69, 9.17) is 0 Å². The molecule has 0 aliphatic carbocycles. The Hall–Kier alpha value is -3.86. The first-order valence-electron chi connectivity index (χ1n) is 10.8. The summed E-state index contributed by atoms with van der Waals surface area (Å²) < 4.78 is 15.8. The summed E-state index contributed by atoms with van der Waals surface area (Å²) in [5.74, 6) is -0.298. The minimum absolute atomic E-state index is 0.201. The molecule has 0 bridgehead atoms. The van der Waals surface area contributed by atoms with Crippen molar-refractivity contribution in [2.45, 2.75) is 25.9 Å². The molecular formula is C27H24FN3O. The summed E-state index contributed by atoms with van der Waals surface area (Å²) in [4.78, 5) is 15.4. The molecule has 2 heterocycles. The van der Waals surface area contributed by atoms with Gasteiger partial charge in [0.25, 0.3) is 0 Å². The SMILES string of the molecule is CCc1ccc(NC(=O)N2Cc3ccccc3-n3cccc3C2c2ccc(F)cc2)cc1. The van der Waals surface area contributed by atoms with Gasteiger partial charge in [-0.2, -0.15) is 0 Å². The van der Waals surface area contributed by atoms with Gasteiger partial charge in [-0.15, -0.1) is 0 Å². The lowest BCUT2D eigenvalue weighted by molar-refractivity contribution is 0.194. The van der Waals surface area contributed by atoms with E-state index in [1.807, 2.05) is 65.7 Å². The first kappa shape index (κ1) is 20.1. The Morgan fingerprint density at radius 1 is 0.969 bits per heavy atom. The van der Waals surface area contributed by atoms with Gasteiger partial charge in [0.05, 0.1) is 18.3 Å². The fourth-order valence-electron chi connectivity index (χ4n) is 4.35. The summed E-state index contributed by atoms with van der Waals surface area (Å²) in [7, 11) is 0. The Bertz CT molecular complexity index is 1240. The maximum atomic E-state index is 13.7. The van der Waals surface area contributed by atoms with E-state index < -0.39 is 0 Å². The van der Waals surface area contributed by atoms with Crippen LogP contribution in [-0.4, -0.2) is 15.5 Å². The van der Waals surface area contributed by atoms with Crippen LogP contribution in [0.2, 0.25) is 0 Å². The summed E-state index contributed by atoms with van der Waals surface area (Å²) in [6.07, 6.45) is 2.95. The number of rotatable bonds is 3. The van der Waals surface area contributed by atoms with E-state index in [1.165, 1.54) is 17.7 Å². The number of aromatic nitrogens is 1. The molecule has 0 saturated carbocycles. The molecule has 0 spiro atoms. The summed E-state index contributed by atoms with van der Waals surface area (Å²) in [6.45, 7) is 2.53. The number of urea groups is 1. The van der Waals surface area contributed by atoms with Crippen molar-refractivity contribution in [3.63, 3.8) is 0 Å². The molecule has 0 saturated heterocycles. The van der Waals surface area contributed by atoms with Gasteiger partial charge in [-0.05, 0) is 65.6 Å². The second kappa shape index (κ2) is 8.35. The van der Waals surface area contributed by atoms with Gasteiger partial charge in [-0.1, -0.05) is 49.4 Å². The van der Waals surface area contributed by atoms with E-state index in [1.54, 1.807) is 12.1 Å². The normalized spacial score (nSPS) is 14.9. The number of para-hydroxylation sites is 1. The molecule has 0 radical (unpaired) electrons. The standard InChI is InChI=1S/C27H24FN3O/c1-2-19-9-15-23(16-10-19)29-27(32)31-18-21-6-3-4-7-24(21)30-17-5-8-25(30)26(31)20-11-13-22(28)14-12-20/h3-17,26H,2,18H2,1H3,(H,29,32). The summed E-state index contributed by atoms with van der Waals surface area (Å²) >= 11 is 0. The molecule has 1 unspecified atom stereocenters. The Kier molecular flexibility index (Phi) is 5.23. The lowest BCUT2D eigenvalue weighted by atomic mass is 10.0. The van der Waals surface area contributed by atoms with Crippen molar-refractivity contribution in [3.05, 3.63) is 119 Å². The molecule has 1 aromatic heterocycles. The van der Waals surface area contributed by atoms with Crippen LogP contribution in [0, 0.1) is 5.82 Å². The van der Waals surface area contributed by atoms with Gasteiger partial charge in [-0.3, -0.25) is 0 Å². The molecule has 1 atom stereocenters. The molecule has 0 fully saturated rings. The molecule has 32 heavy (non-hydrogen) atoms. The number of nitrogens with zero attached hydrogens (tertiary/aromatic N) is 2. The highest BCUT2D eigenvalue weighted by molar-refractivity contribution is 5.90. The van der Waals surface area contributed by atoms with Crippen molar-refractivity contribution in [3.8, 4) is 5.69 Å². The molecule has 2 amide bonds. The molecule has 5 rings (SSSR count). The van der Waals surface area contributed by atoms with Gasteiger partial charge in [0, 0.05) is 17.6 Å². The average Bonchev–Trinajstić information content (AvgIpc) is 3.25.